The van der Waals surface area contributed by atoms with E-state index in [1.165, 1.54) is 35.9 Å². The van der Waals surface area contributed by atoms with Crippen molar-refractivity contribution >= 4 is 15.6 Å². The molecule has 0 radical (unpaired) electrons. The molecular weight excluding hydrogens is 436 g/mol. The van der Waals surface area contributed by atoms with E-state index < -0.39 is 10.0 Å². The standard InChI is InChI=1S/C25H34N4O3S/c1-27-16-24(26-18-27)33(31,32)28-13-5-6-14-29-22(15-28)25(23(29)17-30)21-11-9-20(10-12-21)19-7-3-2-4-8-19/h7,9-12,16,18,22-23,25,30H,2-6,8,13-15,17H2,1H3/t22-,23+,25+/m1/s1. The Morgan fingerprint density at radius 1 is 1.09 bits per heavy atom. The molecule has 1 N–H and O–H groups in total. The first-order valence-corrected chi connectivity index (χ1v) is 13.6. The van der Waals surface area contributed by atoms with Crippen LogP contribution in [-0.4, -0.2) is 70.6 Å². The zero-order valence-corrected chi connectivity index (χ0v) is 20.1. The second-order valence-corrected chi connectivity index (χ2v) is 11.5. The third-order valence-electron chi connectivity index (χ3n) is 7.58. The van der Waals surface area contributed by atoms with Crippen molar-refractivity contribution in [1.82, 2.24) is 18.8 Å². The normalized spacial score (nSPS) is 27.2. The molecule has 2 fully saturated rings. The molecule has 7 nitrogen and oxygen atoms in total. The number of benzene rings is 1. The highest BCUT2D eigenvalue weighted by Crippen LogP contribution is 2.43. The highest BCUT2D eigenvalue weighted by atomic mass is 32.2. The van der Waals surface area contributed by atoms with E-state index in [1.807, 2.05) is 0 Å². The molecule has 2 saturated heterocycles. The zero-order valence-electron chi connectivity index (χ0n) is 19.3. The Kier molecular flexibility index (Phi) is 6.44. The van der Waals surface area contributed by atoms with Crippen molar-refractivity contribution in [2.45, 2.75) is 61.6 Å². The molecule has 0 unspecified atom stereocenters. The van der Waals surface area contributed by atoms with Crippen LogP contribution in [0.3, 0.4) is 0 Å². The molecule has 1 aromatic heterocycles. The maximum atomic E-state index is 13.3. The van der Waals surface area contributed by atoms with Crippen molar-refractivity contribution in [2.24, 2.45) is 7.05 Å². The van der Waals surface area contributed by atoms with Gasteiger partial charge in [-0.3, -0.25) is 4.90 Å². The Bertz CT molecular complexity index is 1110. The van der Waals surface area contributed by atoms with Crippen LogP contribution in [0.5, 0.6) is 0 Å². The summed E-state index contributed by atoms with van der Waals surface area (Å²) in [5, 5.41) is 10.3. The molecule has 0 bridgehead atoms. The SMILES string of the molecule is Cn1cnc(S(=O)(=O)N2CCCCN3[C@H](C2)[C@H](c2ccc(C4=CCCCC4)cc2)[C@@H]3CO)c1. The molecule has 0 saturated carbocycles. The average molecular weight is 471 g/mol. The largest absolute Gasteiger partial charge is 0.395 e. The van der Waals surface area contributed by atoms with Gasteiger partial charge in [-0.25, -0.2) is 13.4 Å². The number of aryl methyl sites for hydroxylation is 1. The number of hydrogen-bond donors (Lipinski definition) is 1. The minimum Gasteiger partial charge on any atom is -0.395 e. The smallest absolute Gasteiger partial charge is 0.262 e. The number of sulfonamides is 1. The molecule has 2 aliphatic heterocycles. The number of fused-ring (bicyclic) bond motifs is 1. The van der Waals surface area contributed by atoms with Crippen LogP contribution >= 0.6 is 0 Å². The van der Waals surface area contributed by atoms with E-state index in [9.17, 15) is 13.5 Å². The summed E-state index contributed by atoms with van der Waals surface area (Å²) in [5.41, 5.74) is 3.90. The van der Waals surface area contributed by atoms with Gasteiger partial charge in [-0.2, -0.15) is 4.31 Å². The molecule has 8 heteroatoms. The summed E-state index contributed by atoms with van der Waals surface area (Å²) in [6.07, 6.45) is 12.0. The van der Waals surface area contributed by atoms with Gasteiger partial charge in [0.1, 0.15) is 0 Å². The molecule has 3 heterocycles. The molecular formula is C25H34N4O3S. The second kappa shape index (κ2) is 9.33. The van der Waals surface area contributed by atoms with Gasteiger partial charge in [0.25, 0.3) is 10.0 Å². The van der Waals surface area contributed by atoms with Crippen molar-refractivity contribution in [3.63, 3.8) is 0 Å². The first-order chi connectivity index (χ1) is 16.0. The summed E-state index contributed by atoms with van der Waals surface area (Å²) in [6, 6.07) is 8.87. The third kappa shape index (κ3) is 4.30. The van der Waals surface area contributed by atoms with Crippen molar-refractivity contribution in [2.75, 3.05) is 26.2 Å². The number of hydrogen-bond acceptors (Lipinski definition) is 5. The number of aliphatic hydroxyl groups excluding tert-OH is 1. The van der Waals surface area contributed by atoms with Crippen molar-refractivity contribution in [3.8, 4) is 0 Å². The number of imidazole rings is 1. The van der Waals surface area contributed by atoms with Gasteiger partial charge in [0, 0.05) is 44.3 Å². The maximum Gasteiger partial charge on any atom is 0.262 e. The van der Waals surface area contributed by atoms with Gasteiger partial charge in [-0.15, -0.1) is 0 Å². The predicted octanol–water partition coefficient (Wildman–Crippen LogP) is 2.99. The Morgan fingerprint density at radius 2 is 1.88 bits per heavy atom. The average Bonchev–Trinajstić information content (AvgIpc) is 3.26. The fraction of sp³-hybridized carbons (Fsp3) is 0.560. The van der Waals surface area contributed by atoms with E-state index in [1.54, 1.807) is 22.1 Å². The first-order valence-electron chi connectivity index (χ1n) is 12.1. The number of rotatable bonds is 5. The van der Waals surface area contributed by atoms with Crippen LogP contribution in [0.2, 0.25) is 0 Å². The van der Waals surface area contributed by atoms with E-state index >= 15 is 0 Å². The molecule has 2 aromatic rings. The summed E-state index contributed by atoms with van der Waals surface area (Å²) >= 11 is 0. The Labute approximate surface area is 196 Å². The summed E-state index contributed by atoms with van der Waals surface area (Å²) in [7, 11) is -1.87. The summed E-state index contributed by atoms with van der Waals surface area (Å²) < 4.78 is 29.9. The van der Waals surface area contributed by atoms with Gasteiger partial charge < -0.3 is 9.67 Å². The predicted molar refractivity (Wildman–Crippen MR) is 128 cm³/mol. The molecule has 1 aromatic carbocycles. The number of aromatic nitrogens is 2. The number of aliphatic hydroxyl groups is 1. The van der Waals surface area contributed by atoms with Crippen LogP contribution in [0.15, 0.2) is 47.9 Å². The Balaban J connectivity index is 1.40. The lowest BCUT2D eigenvalue weighted by Gasteiger charge is -2.57. The molecule has 0 amide bonds. The second-order valence-electron chi connectivity index (χ2n) is 9.63. The van der Waals surface area contributed by atoms with E-state index in [-0.39, 0.29) is 29.6 Å². The summed E-state index contributed by atoms with van der Waals surface area (Å²) in [5.74, 6) is 0.115. The van der Waals surface area contributed by atoms with Gasteiger partial charge in [-0.05, 0) is 61.8 Å². The summed E-state index contributed by atoms with van der Waals surface area (Å²) in [4.78, 5) is 6.42. The van der Waals surface area contributed by atoms with Gasteiger partial charge in [0.2, 0.25) is 0 Å². The first kappa shape index (κ1) is 22.8. The molecule has 3 aliphatic rings. The van der Waals surface area contributed by atoms with E-state index in [0.717, 1.165) is 32.2 Å². The topological polar surface area (TPSA) is 78.7 Å². The molecule has 178 valence electrons. The molecule has 1 aliphatic carbocycles. The lowest BCUT2D eigenvalue weighted by atomic mass is 9.74. The van der Waals surface area contributed by atoms with Crippen molar-refractivity contribution in [3.05, 3.63) is 54.0 Å². The summed E-state index contributed by atoms with van der Waals surface area (Å²) in [6.45, 7) is 1.91. The lowest BCUT2D eigenvalue weighted by molar-refractivity contribution is -0.0554. The van der Waals surface area contributed by atoms with Crippen LogP contribution in [0.1, 0.15) is 55.6 Å². The van der Waals surface area contributed by atoms with Gasteiger partial charge in [0.15, 0.2) is 5.03 Å². The number of allylic oxidation sites excluding steroid dienone is 2. The fourth-order valence-electron chi connectivity index (χ4n) is 5.80. The molecule has 3 atom stereocenters. The van der Waals surface area contributed by atoms with Crippen LogP contribution < -0.4 is 0 Å². The van der Waals surface area contributed by atoms with Gasteiger partial charge in [0.05, 0.1) is 12.9 Å². The molecule has 33 heavy (non-hydrogen) atoms. The van der Waals surface area contributed by atoms with Gasteiger partial charge >= 0.3 is 0 Å². The number of nitrogens with zero attached hydrogens (tertiary/aromatic N) is 4. The monoisotopic (exact) mass is 470 g/mol. The Morgan fingerprint density at radius 3 is 2.55 bits per heavy atom. The quantitative estimate of drug-likeness (QED) is 0.727. The third-order valence-corrected chi connectivity index (χ3v) is 9.33. The van der Waals surface area contributed by atoms with Gasteiger partial charge in [-0.1, -0.05) is 30.3 Å². The highest BCUT2D eigenvalue weighted by molar-refractivity contribution is 7.89. The van der Waals surface area contributed by atoms with E-state index in [4.69, 9.17) is 0 Å². The van der Waals surface area contributed by atoms with Crippen LogP contribution in [0, 0.1) is 0 Å². The fourth-order valence-corrected chi connectivity index (χ4v) is 7.26. The van der Waals surface area contributed by atoms with E-state index in [2.05, 4.69) is 40.2 Å². The Hall–Kier alpha value is -2.00. The van der Waals surface area contributed by atoms with Crippen LogP contribution in [0.25, 0.3) is 5.57 Å². The lowest BCUT2D eigenvalue weighted by Crippen LogP contribution is -2.67. The minimum atomic E-state index is -3.65. The van der Waals surface area contributed by atoms with Crippen LogP contribution in [-0.2, 0) is 17.1 Å². The van der Waals surface area contributed by atoms with Crippen LogP contribution in [0.4, 0.5) is 0 Å². The van der Waals surface area contributed by atoms with Crippen molar-refractivity contribution in [1.29, 1.82) is 0 Å². The highest BCUT2D eigenvalue weighted by Gasteiger charge is 2.50. The van der Waals surface area contributed by atoms with Crippen molar-refractivity contribution < 1.29 is 13.5 Å². The van der Waals surface area contributed by atoms with E-state index in [0.29, 0.717) is 13.1 Å². The zero-order chi connectivity index (χ0) is 23.0. The minimum absolute atomic E-state index is 0.0345. The molecule has 0 spiro atoms. The maximum absolute atomic E-state index is 13.3. The molecule has 5 rings (SSSR count).